The van der Waals surface area contributed by atoms with E-state index in [-0.39, 0.29) is 0 Å². The Morgan fingerprint density at radius 1 is 1.32 bits per heavy atom. The van der Waals surface area contributed by atoms with Crippen LogP contribution in [0.1, 0.15) is 6.42 Å². The number of nitrogen functional groups attached to an aromatic ring is 1. The second-order valence-electron chi connectivity index (χ2n) is 4.27. The minimum Gasteiger partial charge on any atom is -0.391 e. The van der Waals surface area contributed by atoms with Crippen LogP contribution in [0.4, 0.5) is 11.6 Å². The van der Waals surface area contributed by atoms with E-state index in [2.05, 4.69) is 15.3 Å². The highest BCUT2D eigenvalue weighted by Crippen LogP contribution is 2.18. The van der Waals surface area contributed by atoms with Gasteiger partial charge in [-0.2, -0.15) is 0 Å². The van der Waals surface area contributed by atoms with Crippen molar-refractivity contribution in [2.45, 2.75) is 12.5 Å². The van der Waals surface area contributed by atoms with Crippen LogP contribution in [0.5, 0.6) is 0 Å². The fourth-order valence-corrected chi connectivity index (χ4v) is 1.78. The second kappa shape index (κ2) is 6.31. The van der Waals surface area contributed by atoms with Crippen molar-refractivity contribution in [1.82, 2.24) is 9.97 Å². The first kappa shape index (κ1) is 13.5. The Hall–Kier alpha value is -1.92. The molecule has 0 radical (unpaired) electrons. The lowest BCUT2D eigenvalue weighted by atomic mass is 10.2. The predicted octanol–water partition coefficient (Wildman–Crippen LogP) is 1.02. The first-order valence-electron chi connectivity index (χ1n) is 6.14. The fraction of sp³-hybridized carbons (Fsp3) is 0.385. The van der Waals surface area contributed by atoms with Crippen molar-refractivity contribution in [3.05, 3.63) is 24.3 Å². The largest absolute Gasteiger partial charge is 0.391 e. The van der Waals surface area contributed by atoms with E-state index in [4.69, 9.17) is 10.5 Å². The molecule has 0 bridgehead atoms. The Labute approximate surface area is 111 Å². The summed E-state index contributed by atoms with van der Waals surface area (Å²) in [6.45, 7) is 0.877. The van der Waals surface area contributed by atoms with Crippen molar-refractivity contribution in [2.24, 2.45) is 0 Å². The van der Waals surface area contributed by atoms with Crippen LogP contribution in [-0.4, -0.2) is 41.4 Å². The van der Waals surface area contributed by atoms with Crippen LogP contribution in [0.25, 0.3) is 11.0 Å². The lowest BCUT2D eigenvalue weighted by Crippen LogP contribution is -2.19. The van der Waals surface area contributed by atoms with Crippen LogP contribution in [0.2, 0.25) is 0 Å². The number of nitrogens with one attached hydrogen (secondary N) is 1. The molecule has 0 fully saturated rings. The molecule has 6 heteroatoms. The Morgan fingerprint density at radius 3 is 2.68 bits per heavy atom. The minimum absolute atomic E-state index is 0.320. The molecular formula is C13H18N4O2. The second-order valence-corrected chi connectivity index (χ2v) is 4.27. The fourth-order valence-electron chi connectivity index (χ4n) is 1.78. The van der Waals surface area contributed by atoms with Gasteiger partial charge in [0, 0.05) is 13.7 Å². The first-order chi connectivity index (χ1) is 9.20. The van der Waals surface area contributed by atoms with Crippen LogP contribution in [0.15, 0.2) is 24.3 Å². The van der Waals surface area contributed by atoms with Gasteiger partial charge < -0.3 is 20.9 Å². The van der Waals surface area contributed by atoms with Gasteiger partial charge in [0.25, 0.3) is 0 Å². The van der Waals surface area contributed by atoms with Crippen molar-refractivity contribution < 1.29 is 9.84 Å². The molecule has 0 amide bonds. The Morgan fingerprint density at radius 2 is 2.00 bits per heavy atom. The SMILES string of the molecule is COCC(O)CCNc1nc2ccccc2nc1N. The summed E-state index contributed by atoms with van der Waals surface area (Å²) in [5, 5.41) is 12.6. The highest BCUT2D eigenvalue weighted by Gasteiger charge is 2.07. The number of fused-ring (bicyclic) bond motifs is 1. The maximum Gasteiger partial charge on any atom is 0.169 e. The zero-order valence-corrected chi connectivity index (χ0v) is 10.8. The summed E-state index contributed by atoms with van der Waals surface area (Å²) in [4.78, 5) is 8.68. The number of methoxy groups -OCH3 is 1. The van der Waals surface area contributed by atoms with E-state index in [1.54, 1.807) is 7.11 Å². The summed E-state index contributed by atoms with van der Waals surface area (Å²) in [6.07, 6.45) is 0.0639. The minimum atomic E-state index is -0.493. The molecule has 102 valence electrons. The van der Waals surface area contributed by atoms with E-state index >= 15 is 0 Å². The average molecular weight is 262 g/mol. The number of ether oxygens (including phenoxy) is 1. The van der Waals surface area contributed by atoms with Gasteiger partial charge in [0.05, 0.1) is 23.7 Å². The third kappa shape index (κ3) is 3.52. The van der Waals surface area contributed by atoms with Crippen molar-refractivity contribution in [3.8, 4) is 0 Å². The van der Waals surface area contributed by atoms with Crippen molar-refractivity contribution >= 4 is 22.7 Å². The molecule has 19 heavy (non-hydrogen) atoms. The molecule has 0 saturated carbocycles. The number of aliphatic hydroxyl groups is 1. The van der Waals surface area contributed by atoms with Crippen molar-refractivity contribution in [3.63, 3.8) is 0 Å². The van der Waals surface area contributed by atoms with Crippen molar-refractivity contribution in [1.29, 1.82) is 0 Å². The molecule has 0 saturated heterocycles. The summed E-state index contributed by atoms with van der Waals surface area (Å²) >= 11 is 0. The zero-order chi connectivity index (χ0) is 13.7. The van der Waals surface area contributed by atoms with Crippen LogP contribution in [0.3, 0.4) is 0 Å². The van der Waals surface area contributed by atoms with Gasteiger partial charge in [-0.3, -0.25) is 0 Å². The lowest BCUT2D eigenvalue weighted by Gasteiger charge is -2.11. The van der Waals surface area contributed by atoms with Gasteiger partial charge in [-0.25, -0.2) is 9.97 Å². The van der Waals surface area contributed by atoms with Crippen LogP contribution < -0.4 is 11.1 Å². The van der Waals surface area contributed by atoms with E-state index < -0.39 is 6.10 Å². The molecule has 1 unspecified atom stereocenters. The van der Waals surface area contributed by atoms with Gasteiger partial charge in [0.2, 0.25) is 0 Å². The Kier molecular flexibility index (Phi) is 4.48. The first-order valence-corrected chi connectivity index (χ1v) is 6.14. The van der Waals surface area contributed by atoms with Gasteiger partial charge in [-0.1, -0.05) is 12.1 Å². The third-order valence-electron chi connectivity index (χ3n) is 2.73. The number of nitrogens with two attached hydrogens (primary N) is 1. The van der Waals surface area contributed by atoms with Gasteiger partial charge in [-0.05, 0) is 18.6 Å². The lowest BCUT2D eigenvalue weighted by molar-refractivity contribution is 0.0615. The number of nitrogens with zero attached hydrogens (tertiary/aromatic N) is 2. The number of hydrogen-bond donors (Lipinski definition) is 3. The summed E-state index contributed by atoms with van der Waals surface area (Å²) in [5.74, 6) is 0.906. The molecule has 1 heterocycles. The Balaban J connectivity index is 2.02. The monoisotopic (exact) mass is 262 g/mol. The smallest absolute Gasteiger partial charge is 0.169 e. The van der Waals surface area contributed by atoms with Crippen LogP contribution in [0, 0.1) is 0 Å². The highest BCUT2D eigenvalue weighted by molar-refractivity contribution is 5.79. The van der Waals surface area contributed by atoms with E-state index in [9.17, 15) is 5.11 Å². The summed E-state index contributed by atoms with van der Waals surface area (Å²) in [6, 6.07) is 7.54. The number of para-hydroxylation sites is 2. The number of anilines is 2. The Bertz CT molecular complexity index is 547. The number of hydrogen-bond acceptors (Lipinski definition) is 6. The van der Waals surface area contributed by atoms with Gasteiger partial charge in [-0.15, -0.1) is 0 Å². The summed E-state index contributed by atoms with van der Waals surface area (Å²) < 4.78 is 4.86. The number of benzene rings is 1. The third-order valence-corrected chi connectivity index (χ3v) is 2.73. The topological polar surface area (TPSA) is 93.3 Å². The zero-order valence-electron chi connectivity index (χ0n) is 10.8. The van der Waals surface area contributed by atoms with Crippen LogP contribution >= 0.6 is 0 Å². The van der Waals surface area contributed by atoms with Gasteiger partial charge in [0.15, 0.2) is 11.6 Å². The molecule has 0 aliphatic carbocycles. The number of aromatic nitrogens is 2. The summed E-state index contributed by atoms with van der Waals surface area (Å²) in [5.41, 5.74) is 7.40. The summed E-state index contributed by atoms with van der Waals surface area (Å²) in [7, 11) is 1.56. The molecule has 1 atom stereocenters. The quantitative estimate of drug-likeness (QED) is 0.719. The van der Waals surface area contributed by atoms with Crippen LogP contribution in [-0.2, 0) is 4.74 Å². The van der Waals surface area contributed by atoms with E-state index in [0.717, 1.165) is 11.0 Å². The molecule has 4 N–H and O–H groups in total. The van der Waals surface area contributed by atoms with Gasteiger partial charge in [0.1, 0.15) is 0 Å². The molecular weight excluding hydrogens is 244 g/mol. The molecule has 6 nitrogen and oxygen atoms in total. The van der Waals surface area contributed by atoms with Crippen molar-refractivity contribution in [2.75, 3.05) is 31.3 Å². The normalized spacial score (nSPS) is 12.5. The average Bonchev–Trinajstić information content (AvgIpc) is 2.39. The maximum absolute atomic E-state index is 9.54. The maximum atomic E-state index is 9.54. The standard InChI is InChI=1S/C13H18N4O2/c1-19-8-9(18)6-7-15-13-12(14)16-10-4-2-3-5-11(10)17-13/h2-5,9,18H,6-8H2,1H3,(H2,14,16)(H,15,17). The molecule has 2 rings (SSSR count). The number of rotatable bonds is 6. The van der Waals surface area contributed by atoms with E-state index in [1.165, 1.54) is 0 Å². The highest BCUT2D eigenvalue weighted by atomic mass is 16.5. The molecule has 0 spiro atoms. The molecule has 1 aromatic carbocycles. The van der Waals surface area contributed by atoms with E-state index in [0.29, 0.717) is 31.2 Å². The number of aliphatic hydroxyl groups excluding tert-OH is 1. The molecule has 2 aromatic rings. The molecule has 1 aromatic heterocycles. The van der Waals surface area contributed by atoms with E-state index in [1.807, 2.05) is 24.3 Å². The predicted molar refractivity (Wildman–Crippen MR) is 74.9 cm³/mol. The van der Waals surface area contributed by atoms with Gasteiger partial charge >= 0.3 is 0 Å². The molecule has 0 aliphatic rings. The molecule has 0 aliphatic heterocycles.